The Labute approximate surface area is 711 Å². The number of fused-ring (bicyclic) bond motifs is 47. The number of hydrogen-bond donors (Lipinski definition) is 0. The standard InChI is InChI=1S/C114H62N6S3/c1-3-26-68(27-4-1)118-91-39-19-14-36-78(91)102-93(118)52-49-80-104(102)109-73-32-12-9-25-67(73)62-117(109)112-84(57-89-76-34-16-20-40-96(76)122-113(89)105(80)112)64-45-48-74-85-58-86-87(59-95(85)120(94(74)55-64)69-28-5-2-6-29-69)108-72-31-11-8-24-66(72)61-116(108)111-83(56-88-75-33-15-21-41-97(75)123-114(88)106(86)111)63-43-46-70(47-44-63)119-90-38-18-13-35-77(90)101-92(119)53-50-81-100(101)82-51-54-99-103(79-37-17-22-42-98(79)121-99)110(82)115-60-65-23-7-10-30-71(65)107(81)115/h1-62H. The third-order valence-corrected chi connectivity index (χ3v) is 31.2. The molecule has 0 radical (unpaired) electrons. The summed E-state index contributed by atoms with van der Waals surface area (Å²) in [7, 11) is 0. The molecule has 0 unspecified atom stereocenters. The van der Waals surface area contributed by atoms with Crippen LogP contribution in [0, 0.1) is 0 Å². The van der Waals surface area contributed by atoms with Gasteiger partial charge in [0, 0.05) is 210 Å². The zero-order chi connectivity index (χ0) is 79.4. The quantitative estimate of drug-likeness (QED) is 0.154. The summed E-state index contributed by atoms with van der Waals surface area (Å²) in [5.41, 5.74) is 22.4. The van der Waals surface area contributed by atoms with Crippen molar-refractivity contribution in [2.45, 2.75) is 0 Å². The van der Waals surface area contributed by atoms with Gasteiger partial charge in [0.1, 0.15) is 0 Å². The van der Waals surface area contributed by atoms with Crippen LogP contribution in [0.3, 0.4) is 0 Å². The van der Waals surface area contributed by atoms with Crippen LogP contribution in [-0.2, 0) is 0 Å². The minimum Gasteiger partial charge on any atom is -0.314 e. The first kappa shape index (κ1) is 65.6. The first-order valence-corrected chi connectivity index (χ1v) is 44.7. The zero-order valence-electron chi connectivity index (χ0n) is 65.7. The van der Waals surface area contributed by atoms with Crippen LogP contribution in [0.2, 0.25) is 0 Å². The third-order valence-electron chi connectivity index (χ3n) is 27.6. The Morgan fingerprint density at radius 3 is 1.20 bits per heavy atom. The maximum atomic E-state index is 2.59. The first-order valence-electron chi connectivity index (χ1n) is 42.3. The molecule has 0 saturated carbocycles. The molecule has 0 aliphatic heterocycles. The van der Waals surface area contributed by atoms with Gasteiger partial charge < -0.3 is 26.9 Å². The molecule has 0 fully saturated rings. The lowest BCUT2D eigenvalue weighted by atomic mass is 9.93. The van der Waals surface area contributed by atoms with Crippen LogP contribution in [0.4, 0.5) is 0 Å². The monoisotopic (exact) mass is 1610 g/mol. The highest BCUT2D eigenvalue weighted by Crippen LogP contribution is 2.55. The minimum absolute atomic E-state index is 1.11. The highest BCUT2D eigenvalue weighted by atomic mass is 32.1. The van der Waals surface area contributed by atoms with Gasteiger partial charge in [-0.3, -0.25) is 0 Å². The molecule has 0 atom stereocenters. The second kappa shape index (κ2) is 23.8. The van der Waals surface area contributed by atoms with E-state index in [2.05, 4.69) is 403 Å². The Bertz CT molecular complexity index is 10100. The van der Waals surface area contributed by atoms with Gasteiger partial charge in [0.15, 0.2) is 0 Å². The van der Waals surface area contributed by atoms with Crippen molar-refractivity contribution in [1.29, 1.82) is 0 Å². The average molecular weight is 1610 g/mol. The van der Waals surface area contributed by atoms with E-state index in [-0.39, 0.29) is 0 Å². The highest BCUT2D eigenvalue weighted by molar-refractivity contribution is 7.27. The van der Waals surface area contributed by atoms with E-state index in [0.29, 0.717) is 0 Å². The van der Waals surface area contributed by atoms with E-state index >= 15 is 0 Å². The summed E-state index contributed by atoms with van der Waals surface area (Å²) in [4.78, 5) is 0. The zero-order valence-corrected chi connectivity index (χ0v) is 68.2. The second-order valence-electron chi connectivity index (χ2n) is 33.7. The van der Waals surface area contributed by atoms with Crippen LogP contribution in [0.25, 0.3) is 279 Å². The van der Waals surface area contributed by atoms with Crippen molar-refractivity contribution in [1.82, 2.24) is 26.9 Å². The van der Waals surface area contributed by atoms with Crippen LogP contribution in [-0.4, -0.2) is 26.9 Å². The number of rotatable bonds is 5. The molecule has 12 heterocycles. The van der Waals surface area contributed by atoms with Crippen LogP contribution < -0.4 is 0 Å². The summed E-state index contributed by atoms with van der Waals surface area (Å²) in [5.74, 6) is 0. The fourth-order valence-corrected chi connectivity index (χ4v) is 26.3. The van der Waals surface area contributed by atoms with E-state index in [4.69, 9.17) is 0 Å². The summed E-state index contributed by atoms with van der Waals surface area (Å²) >= 11 is 5.74. The molecule has 0 aliphatic rings. The molecule has 0 N–H and O–H groups in total. The normalized spacial score (nSPS) is 12.7. The van der Waals surface area contributed by atoms with Crippen LogP contribution in [0.5, 0.6) is 0 Å². The molecule has 123 heavy (non-hydrogen) atoms. The van der Waals surface area contributed by atoms with Crippen molar-refractivity contribution in [3.63, 3.8) is 0 Å². The summed E-state index contributed by atoms with van der Waals surface area (Å²) in [6, 6.07) is 136. The average Bonchev–Trinajstić information content (AvgIpc) is 1.55. The van der Waals surface area contributed by atoms with Gasteiger partial charge in [0.05, 0.1) is 66.2 Å². The van der Waals surface area contributed by atoms with E-state index in [1.54, 1.807) is 0 Å². The molecule has 0 bridgehead atoms. The van der Waals surface area contributed by atoms with Gasteiger partial charge in [-0.05, 0) is 137 Å². The summed E-state index contributed by atoms with van der Waals surface area (Å²) in [6.45, 7) is 0. The van der Waals surface area contributed by atoms with Gasteiger partial charge >= 0.3 is 0 Å². The number of benzene rings is 18. The van der Waals surface area contributed by atoms with Crippen molar-refractivity contribution < 1.29 is 0 Å². The molecule has 30 aromatic rings. The number of para-hydroxylation sites is 4. The molecule has 9 heteroatoms. The Hall–Kier alpha value is -15.4. The highest BCUT2D eigenvalue weighted by Gasteiger charge is 2.30. The van der Waals surface area contributed by atoms with Crippen LogP contribution in [0.15, 0.2) is 377 Å². The number of hydrogen-bond acceptors (Lipinski definition) is 3. The fourth-order valence-electron chi connectivity index (χ4n) is 22.7. The summed E-state index contributed by atoms with van der Waals surface area (Å²) in [5, 5.41) is 33.8. The summed E-state index contributed by atoms with van der Waals surface area (Å²) < 4.78 is 23.0. The SMILES string of the molecule is c1ccc(-n2c3cc(-c4cc5c6ccccc6sc5c5c6ccc7c(c8ccccc8n7-c7ccccc7)c6c6c7ccccc7cn6c45)ccc3c3cc4c(cc32)c2c3ccccc3cn2c2c(-c3ccc(-n5c6ccccc6c6c7c(ccc65)c5c6ccccc6cn5c5c7ccc6sc7ccccc7c65)cc3)cc3c5ccccc5sc3c42)cc1. The number of aromatic nitrogens is 6. The van der Waals surface area contributed by atoms with Crippen molar-refractivity contribution in [2.24, 2.45) is 0 Å². The summed E-state index contributed by atoms with van der Waals surface area (Å²) in [6.07, 6.45) is 7.23. The third kappa shape index (κ3) is 8.50. The van der Waals surface area contributed by atoms with E-state index in [1.165, 1.54) is 240 Å². The number of nitrogens with zero attached hydrogens (tertiary/aromatic N) is 6. The smallest absolute Gasteiger partial charge is 0.0628 e. The molecule has 12 aromatic heterocycles. The van der Waals surface area contributed by atoms with Crippen LogP contribution in [0.1, 0.15) is 0 Å². The molecule has 566 valence electrons. The Morgan fingerprint density at radius 1 is 0.171 bits per heavy atom. The van der Waals surface area contributed by atoms with Crippen molar-refractivity contribution in [3.05, 3.63) is 377 Å². The van der Waals surface area contributed by atoms with Gasteiger partial charge in [-0.2, -0.15) is 0 Å². The Kier molecular flexibility index (Phi) is 12.7. The van der Waals surface area contributed by atoms with Gasteiger partial charge in [0.25, 0.3) is 0 Å². The van der Waals surface area contributed by atoms with Crippen molar-refractivity contribution in [3.8, 4) is 39.3 Å². The van der Waals surface area contributed by atoms with E-state index in [9.17, 15) is 0 Å². The first-order chi connectivity index (χ1) is 61.0. The molecular weight excluding hydrogens is 1550 g/mol. The fraction of sp³-hybridized carbons (Fsp3) is 0. The van der Waals surface area contributed by atoms with Crippen molar-refractivity contribution >= 4 is 274 Å². The predicted molar refractivity (Wildman–Crippen MR) is 529 cm³/mol. The molecule has 0 spiro atoms. The maximum absolute atomic E-state index is 2.59. The molecular formula is C114H62N6S3. The lowest BCUT2D eigenvalue weighted by molar-refractivity contribution is 1.18. The lowest BCUT2D eigenvalue weighted by Gasteiger charge is -2.17. The Balaban J connectivity index is 0.675. The molecule has 0 saturated heterocycles. The maximum Gasteiger partial charge on any atom is 0.0628 e. The van der Waals surface area contributed by atoms with Gasteiger partial charge in [-0.15, -0.1) is 34.0 Å². The number of thiophene rings is 3. The molecule has 0 aliphatic carbocycles. The van der Waals surface area contributed by atoms with Gasteiger partial charge in [0.2, 0.25) is 0 Å². The predicted octanol–water partition coefficient (Wildman–Crippen LogP) is 32.6. The van der Waals surface area contributed by atoms with Crippen LogP contribution >= 0.6 is 34.0 Å². The van der Waals surface area contributed by atoms with Gasteiger partial charge in [-0.25, -0.2) is 0 Å². The topological polar surface area (TPSA) is 28.0 Å². The Morgan fingerprint density at radius 2 is 0.585 bits per heavy atom. The second-order valence-corrected chi connectivity index (χ2v) is 36.8. The number of pyridine rings is 3. The van der Waals surface area contributed by atoms with E-state index in [0.717, 1.165) is 39.2 Å². The van der Waals surface area contributed by atoms with Crippen molar-refractivity contribution in [2.75, 3.05) is 0 Å². The molecule has 18 aromatic carbocycles. The molecule has 0 amide bonds. The van der Waals surface area contributed by atoms with E-state index < -0.39 is 0 Å². The van der Waals surface area contributed by atoms with E-state index in [1.807, 2.05) is 34.0 Å². The molecule has 6 nitrogen and oxygen atoms in total. The largest absolute Gasteiger partial charge is 0.314 e. The van der Waals surface area contributed by atoms with Gasteiger partial charge in [-0.1, -0.05) is 243 Å². The minimum atomic E-state index is 1.11. The lowest BCUT2D eigenvalue weighted by Crippen LogP contribution is -1.97. The molecule has 30 rings (SSSR count).